The van der Waals surface area contributed by atoms with Crippen LogP contribution in [0.5, 0.6) is 11.5 Å². The van der Waals surface area contributed by atoms with Crippen LogP contribution in [0.3, 0.4) is 0 Å². The fourth-order valence-electron chi connectivity index (χ4n) is 5.31. The second kappa shape index (κ2) is 13.1. The fraction of sp³-hybridized carbons (Fsp3) is 0.581. The molecule has 1 aromatic carbocycles. The van der Waals surface area contributed by atoms with Gasteiger partial charge in [-0.05, 0) is 60.8 Å². The molecule has 2 rings (SSSR count). The standard InChI is InChI=1S/C31H44O6/c1-10-11-12-13-16-31(8,9)24-17-26(35-21(5)32)29(27(18-24)36-22(6)33)28-25(19(2)3)15-14-20(4)30(28)37-23(7)34/h17-18,25,28,30H,2,4,10-16H2,1,3,5-9H3/t25-,28?,30-/m0/s1. The van der Waals surface area contributed by atoms with Crippen LogP contribution in [0.25, 0.3) is 0 Å². The van der Waals surface area contributed by atoms with E-state index >= 15 is 0 Å². The third kappa shape index (κ3) is 8.05. The summed E-state index contributed by atoms with van der Waals surface area (Å²) in [5, 5.41) is 0. The molecule has 0 saturated heterocycles. The summed E-state index contributed by atoms with van der Waals surface area (Å²) < 4.78 is 17.4. The summed E-state index contributed by atoms with van der Waals surface area (Å²) in [6.07, 6.45) is 6.19. The van der Waals surface area contributed by atoms with Gasteiger partial charge in [0.1, 0.15) is 17.6 Å². The van der Waals surface area contributed by atoms with Crippen molar-refractivity contribution in [3.05, 3.63) is 47.6 Å². The monoisotopic (exact) mass is 512 g/mol. The molecule has 0 N–H and O–H groups in total. The Bertz CT molecular complexity index is 997. The third-order valence-electron chi connectivity index (χ3n) is 7.25. The summed E-state index contributed by atoms with van der Waals surface area (Å²) in [7, 11) is 0. The second-order valence-electron chi connectivity index (χ2n) is 11.0. The first-order chi connectivity index (χ1) is 17.3. The Hall–Kier alpha value is -2.89. The van der Waals surface area contributed by atoms with Gasteiger partial charge in [0.05, 0.1) is 0 Å². The van der Waals surface area contributed by atoms with Gasteiger partial charge in [0.25, 0.3) is 0 Å². The molecule has 0 heterocycles. The van der Waals surface area contributed by atoms with E-state index in [1.807, 2.05) is 19.1 Å². The van der Waals surface area contributed by atoms with Crippen molar-refractivity contribution in [2.24, 2.45) is 5.92 Å². The molecular weight excluding hydrogens is 468 g/mol. The molecule has 1 aliphatic rings. The van der Waals surface area contributed by atoms with E-state index in [-0.39, 0.29) is 11.3 Å². The first kappa shape index (κ1) is 30.3. The fourth-order valence-corrected chi connectivity index (χ4v) is 5.31. The van der Waals surface area contributed by atoms with Crippen LogP contribution in [0.4, 0.5) is 0 Å². The molecule has 0 spiro atoms. The van der Waals surface area contributed by atoms with Gasteiger partial charge in [-0.1, -0.05) is 65.2 Å². The van der Waals surface area contributed by atoms with Crippen molar-refractivity contribution in [1.82, 2.24) is 0 Å². The van der Waals surface area contributed by atoms with Crippen LogP contribution >= 0.6 is 0 Å². The number of rotatable bonds is 11. The van der Waals surface area contributed by atoms with Crippen LogP contribution in [0.2, 0.25) is 0 Å². The van der Waals surface area contributed by atoms with Crippen molar-refractivity contribution in [1.29, 1.82) is 0 Å². The summed E-state index contributed by atoms with van der Waals surface area (Å²) in [4.78, 5) is 36.7. The third-order valence-corrected chi connectivity index (χ3v) is 7.25. The predicted molar refractivity (Wildman–Crippen MR) is 146 cm³/mol. The molecule has 37 heavy (non-hydrogen) atoms. The van der Waals surface area contributed by atoms with E-state index in [0.717, 1.165) is 48.8 Å². The number of hydrogen-bond acceptors (Lipinski definition) is 6. The van der Waals surface area contributed by atoms with Crippen molar-refractivity contribution < 1.29 is 28.6 Å². The minimum Gasteiger partial charge on any atom is -0.457 e. The van der Waals surface area contributed by atoms with E-state index in [1.165, 1.54) is 27.2 Å². The zero-order chi connectivity index (χ0) is 27.9. The van der Waals surface area contributed by atoms with E-state index in [9.17, 15) is 14.4 Å². The van der Waals surface area contributed by atoms with Crippen molar-refractivity contribution >= 4 is 17.9 Å². The summed E-state index contributed by atoms with van der Waals surface area (Å²) in [6.45, 7) is 20.8. The molecular formula is C31H44O6. The maximum atomic E-state index is 12.3. The Morgan fingerprint density at radius 2 is 1.51 bits per heavy atom. The summed E-state index contributed by atoms with van der Waals surface area (Å²) >= 11 is 0. The Balaban J connectivity index is 2.79. The molecule has 3 atom stereocenters. The highest BCUT2D eigenvalue weighted by molar-refractivity contribution is 5.74. The number of carbonyl (C=O) groups is 3. The van der Waals surface area contributed by atoms with Crippen molar-refractivity contribution in [2.75, 3.05) is 0 Å². The van der Waals surface area contributed by atoms with Crippen molar-refractivity contribution in [2.45, 2.75) is 111 Å². The molecule has 1 unspecified atom stereocenters. The van der Waals surface area contributed by atoms with Crippen LogP contribution in [-0.4, -0.2) is 24.0 Å². The lowest BCUT2D eigenvalue weighted by Crippen LogP contribution is -2.36. The molecule has 0 aliphatic heterocycles. The molecule has 204 valence electrons. The number of esters is 3. The molecule has 1 saturated carbocycles. The topological polar surface area (TPSA) is 78.9 Å². The number of benzene rings is 1. The highest BCUT2D eigenvalue weighted by Gasteiger charge is 2.43. The average Bonchev–Trinajstić information content (AvgIpc) is 2.77. The highest BCUT2D eigenvalue weighted by Crippen LogP contribution is 2.51. The zero-order valence-corrected chi connectivity index (χ0v) is 23.7. The van der Waals surface area contributed by atoms with Gasteiger partial charge in [-0.15, -0.1) is 0 Å². The summed E-state index contributed by atoms with van der Waals surface area (Å²) in [5.41, 5.74) is 2.84. The first-order valence-corrected chi connectivity index (χ1v) is 13.3. The van der Waals surface area contributed by atoms with E-state index in [0.29, 0.717) is 23.5 Å². The van der Waals surface area contributed by atoms with Gasteiger partial charge < -0.3 is 14.2 Å². The number of unbranched alkanes of at least 4 members (excludes halogenated alkanes) is 3. The molecule has 0 aromatic heterocycles. The molecule has 0 bridgehead atoms. The van der Waals surface area contributed by atoms with Crippen LogP contribution < -0.4 is 9.47 Å². The highest BCUT2D eigenvalue weighted by atomic mass is 16.6. The Morgan fingerprint density at radius 1 is 0.946 bits per heavy atom. The molecule has 0 amide bonds. The van der Waals surface area contributed by atoms with Gasteiger partial charge in [0.2, 0.25) is 0 Å². The van der Waals surface area contributed by atoms with Crippen LogP contribution in [-0.2, 0) is 24.5 Å². The quantitative estimate of drug-likeness (QED) is 0.134. The number of allylic oxidation sites excluding steroid dienone is 1. The number of hydrogen-bond donors (Lipinski definition) is 0. The Labute approximate surface area is 222 Å². The predicted octanol–water partition coefficient (Wildman–Crippen LogP) is 7.34. The first-order valence-electron chi connectivity index (χ1n) is 13.3. The van der Waals surface area contributed by atoms with Crippen molar-refractivity contribution in [3.8, 4) is 11.5 Å². The summed E-state index contributed by atoms with van der Waals surface area (Å²) in [6, 6.07) is 3.75. The zero-order valence-electron chi connectivity index (χ0n) is 23.7. The Morgan fingerprint density at radius 3 is 1.97 bits per heavy atom. The maximum absolute atomic E-state index is 12.3. The molecule has 0 radical (unpaired) electrons. The maximum Gasteiger partial charge on any atom is 0.308 e. The lowest BCUT2D eigenvalue weighted by Gasteiger charge is -2.41. The lowest BCUT2D eigenvalue weighted by atomic mass is 9.68. The molecule has 6 heteroatoms. The smallest absolute Gasteiger partial charge is 0.308 e. The summed E-state index contributed by atoms with van der Waals surface area (Å²) in [5.74, 6) is -1.38. The minimum absolute atomic E-state index is 0.105. The number of carbonyl (C=O) groups excluding carboxylic acids is 3. The minimum atomic E-state index is -0.676. The molecule has 1 fully saturated rings. The van der Waals surface area contributed by atoms with E-state index in [2.05, 4.69) is 33.9 Å². The second-order valence-corrected chi connectivity index (χ2v) is 11.0. The molecule has 1 aromatic rings. The van der Waals surface area contributed by atoms with Gasteiger partial charge in [0.15, 0.2) is 0 Å². The van der Waals surface area contributed by atoms with Gasteiger partial charge in [-0.2, -0.15) is 0 Å². The van der Waals surface area contributed by atoms with Crippen LogP contribution in [0, 0.1) is 5.92 Å². The van der Waals surface area contributed by atoms with Gasteiger partial charge >= 0.3 is 17.9 Å². The largest absolute Gasteiger partial charge is 0.457 e. The van der Waals surface area contributed by atoms with Crippen molar-refractivity contribution in [3.63, 3.8) is 0 Å². The molecule has 1 aliphatic carbocycles. The van der Waals surface area contributed by atoms with E-state index in [1.54, 1.807) is 0 Å². The van der Waals surface area contributed by atoms with E-state index < -0.39 is 29.9 Å². The van der Waals surface area contributed by atoms with Crippen LogP contribution in [0.15, 0.2) is 36.4 Å². The Kier molecular flexibility index (Phi) is 10.7. The van der Waals surface area contributed by atoms with Gasteiger partial charge in [-0.3, -0.25) is 14.4 Å². The SMILES string of the molecule is C=C(C)[C@@H]1CCC(=C)[C@H](OC(C)=O)C1c1c(OC(C)=O)cc(C(C)(C)CCCCCC)cc1OC(C)=O. The van der Waals surface area contributed by atoms with Gasteiger partial charge in [-0.25, -0.2) is 0 Å². The average molecular weight is 513 g/mol. The number of ether oxygens (including phenoxy) is 3. The van der Waals surface area contributed by atoms with Crippen LogP contribution in [0.1, 0.15) is 110 Å². The molecule has 6 nitrogen and oxygen atoms in total. The van der Waals surface area contributed by atoms with E-state index in [4.69, 9.17) is 14.2 Å². The lowest BCUT2D eigenvalue weighted by molar-refractivity contribution is -0.147. The van der Waals surface area contributed by atoms with Gasteiger partial charge in [0, 0.05) is 32.3 Å². The normalized spacial score (nSPS) is 19.8.